The normalized spacial score (nSPS) is 10.2. The number of ketones is 1. The summed E-state index contributed by atoms with van der Waals surface area (Å²) in [4.78, 5) is 24.5. The summed E-state index contributed by atoms with van der Waals surface area (Å²) >= 11 is 1.46. The van der Waals surface area contributed by atoms with Crippen LogP contribution in [-0.2, 0) is 0 Å². The van der Waals surface area contributed by atoms with E-state index in [4.69, 9.17) is 5.11 Å². The molecule has 0 atom stereocenters. The van der Waals surface area contributed by atoms with Crippen LogP contribution in [0.25, 0.3) is 0 Å². The predicted molar refractivity (Wildman–Crippen MR) is 75.1 cm³/mol. The second kappa shape index (κ2) is 5.71. The first-order chi connectivity index (χ1) is 9.15. The zero-order chi connectivity index (χ0) is 13.8. The summed E-state index contributed by atoms with van der Waals surface area (Å²) in [5.41, 5.74) is 0.781. The van der Waals surface area contributed by atoms with Gasteiger partial charge < -0.3 is 5.11 Å². The molecule has 0 saturated carbocycles. The molecular weight excluding hydrogens is 260 g/mol. The maximum atomic E-state index is 12.5. The van der Waals surface area contributed by atoms with Crippen LogP contribution in [0.5, 0.6) is 0 Å². The minimum atomic E-state index is -1.09. The fourth-order valence-electron chi connectivity index (χ4n) is 1.84. The quantitative estimate of drug-likeness (QED) is 0.685. The van der Waals surface area contributed by atoms with Crippen molar-refractivity contribution in [2.75, 3.05) is 6.26 Å². The zero-order valence-electron chi connectivity index (χ0n) is 10.3. The molecule has 0 bridgehead atoms. The van der Waals surface area contributed by atoms with Crippen molar-refractivity contribution in [2.24, 2.45) is 0 Å². The molecule has 0 spiro atoms. The molecule has 0 amide bonds. The van der Waals surface area contributed by atoms with Gasteiger partial charge in [0.15, 0.2) is 5.78 Å². The lowest BCUT2D eigenvalue weighted by Crippen LogP contribution is -2.10. The van der Waals surface area contributed by atoms with Gasteiger partial charge in [-0.25, -0.2) is 4.79 Å². The third kappa shape index (κ3) is 2.69. The van der Waals surface area contributed by atoms with E-state index in [1.807, 2.05) is 18.4 Å². The van der Waals surface area contributed by atoms with E-state index < -0.39 is 5.97 Å². The van der Waals surface area contributed by atoms with Crippen molar-refractivity contribution in [1.82, 2.24) is 0 Å². The van der Waals surface area contributed by atoms with E-state index in [0.717, 1.165) is 4.90 Å². The molecule has 96 valence electrons. The van der Waals surface area contributed by atoms with Crippen molar-refractivity contribution in [1.29, 1.82) is 0 Å². The van der Waals surface area contributed by atoms with Crippen LogP contribution in [0.1, 0.15) is 26.3 Å². The Morgan fingerprint density at radius 1 is 0.895 bits per heavy atom. The number of rotatable bonds is 4. The molecule has 2 aromatic carbocycles. The minimum Gasteiger partial charge on any atom is -0.478 e. The Hall–Kier alpha value is -2.07. The van der Waals surface area contributed by atoms with Gasteiger partial charge in [-0.15, -0.1) is 11.8 Å². The smallest absolute Gasteiger partial charge is 0.336 e. The van der Waals surface area contributed by atoms with E-state index in [-0.39, 0.29) is 16.9 Å². The van der Waals surface area contributed by atoms with Gasteiger partial charge in [0.05, 0.1) is 5.56 Å². The lowest BCUT2D eigenvalue weighted by Gasteiger charge is -2.08. The number of carboxylic acids is 1. The molecule has 0 unspecified atom stereocenters. The first-order valence-corrected chi connectivity index (χ1v) is 6.87. The molecule has 3 nitrogen and oxygen atoms in total. The van der Waals surface area contributed by atoms with Crippen molar-refractivity contribution >= 4 is 23.5 Å². The summed E-state index contributed by atoms with van der Waals surface area (Å²) in [6, 6.07) is 13.5. The Balaban J connectivity index is 2.53. The summed E-state index contributed by atoms with van der Waals surface area (Å²) < 4.78 is 0. The second-order valence-corrected chi connectivity index (χ2v) is 4.73. The van der Waals surface area contributed by atoms with Crippen LogP contribution in [0.2, 0.25) is 0 Å². The molecule has 19 heavy (non-hydrogen) atoms. The SMILES string of the molecule is CSc1ccccc1C(=O)c1ccccc1C(=O)O. The van der Waals surface area contributed by atoms with Crippen LogP contribution in [-0.4, -0.2) is 23.1 Å². The molecule has 2 rings (SSSR count). The van der Waals surface area contributed by atoms with Gasteiger partial charge in [-0.2, -0.15) is 0 Å². The molecular formula is C15H12O3S. The van der Waals surface area contributed by atoms with Crippen LogP contribution < -0.4 is 0 Å². The number of hydrogen-bond acceptors (Lipinski definition) is 3. The molecule has 0 aliphatic carbocycles. The van der Waals surface area contributed by atoms with Gasteiger partial charge in [0.1, 0.15) is 0 Å². The first kappa shape index (κ1) is 13.4. The van der Waals surface area contributed by atoms with Crippen molar-refractivity contribution < 1.29 is 14.7 Å². The third-order valence-corrected chi connectivity index (χ3v) is 3.55. The highest BCUT2D eigenvalue weighted by Crippen LogP contribution is 2.24. The van der Waals surface area contributed by atoms with E-state index in [1.165, 1.54) is 17.8 Å². The number of carbonyl (C=O) groups is 2. The molecule has 0 aromatic heterocycles. The summed E-state index contributed by atoms with van der Waals surface area (Å²) in [7, 11) is 0. The van der Waals surface area contributed by atoms with Crippen LogP contribution in [0.15, 0.2) is 53.4 Å². The average molecular weight is 272 g/mol. The van der Waals surface area contributed by atoms with Crippen molar-refractivity contribution in [3.8, 4) is 0 Å². The Morgan fingerprint density at radius 2 is 1.42 bits per heavy atom. The highest BCUT2D eigenvalue weighted by Gasteiger charge is 2.19. The number of aromatic carboxylic acids is 1. The van der Waals surface area contributed by atoms with E-state index in [0.29, 0.717) is 5.56 Å². The Bertz CT molecular complexity index is 635. The van der Waals surface area contributed by atoms with Crippen LogP contribution in [0.3, 0.4) is 0 Å². The van der Waals surface area contributed by atoms with E-state index >= 15 is 0 Å². The van der Waals surface area contributed by atoms with Gasteiger partial charge in [-0.3, -0.25) is 4.79 Å². The molecule has 0 fully saturated rings. The van der Waals surface area contributed by atoms with Crippen LogP contribution in [0.4, 0.5) is 0 Å². The van der Waals surface area contributed by atoms with Gasteiger partial charge in [0.2, 0.25) is 0 Å². The van der Waals surface area contributed by atoms with Crippen LogP contribution in [0, 0.1) is 0 Å². The summed E-state index contributed by atoms with van der Waals surface area (Å²) in [5.74, 6) is -1.35. The predicted octanol–water partition coefficient (Wildman–Crippen LogP) is 3.34. The number of benzene rings is 2. The second-order valence-electron chi connectivity index (χ2n) is 3.88. The molecule has 0 radical (unpaired) electrons. The molecule has 1 N–H and O–H groups in total. The number of carbonyl (C=O) groups excluding carboxylic acids is 1. The van der Waals surface area contributed by atoms with E-state index in [9.17, 15) is 9.59 Å². The highest BCUT2D eigenvalue weighted by atomic mass is 32.2. The van der Waals surface area contributed by atoms with E-state index in [2.05, 4.69) is 0 Å². The van der Waals surface area contributed by atoms with Gasteiger partial charge in [-0.1, -0.05) is 30.3 Å². The maximum absolute atomic E-state index is 12.5. The lowest BCUT2D eigenvalue weighted by atomic mass is 9.98. The summed E-state index contributed by atoms with van der Waals surface area (Å²) in [5, 5.41) is 9.13. The van der Waals surface area contributed by atoms with Gasteiger partial charge in [0.25, 0.3) is 0 Å². The van der Waals surface area contributed by atoms with Gasteiger partial charge in [0, 0.05) is 16.0 Å². The van der Waals surface area contributed by atoms with Crippen molar-refractivity contribution in [3.05, 3.63) is 65.2 Å². The number of thioether (sulfide) groups is 1. The minimum absolute atomic E-state index is 0.0309. The van der Waals surface area contributed by atoms with Gasteiger partial charge >= 0.3 is 5.97 Å². The first-order valence-electron chi connectivity index (χ1n) is 5.65. The van der Waals surface area contributed by atoms with Crippen LogP contribution >= 0.6 is 11.8 Å². The molecule has 0 heterocycles. The summed E-state index contributed by atoms with van der Waals surface area (Å²) in [6.07, 6.45) is 1.88. The fraction of sp³-hybridized carbons (Fsp3) is 0.0667. The highest BCUT2D eigenvalue weighted by molar-refractivity contribution is 7.98. The Labute approximate surface area is 115 Å². The lowest BCUT2D eigenvalue weighted by molar-refractivity contribution is 0.0692. The molecule has 2 aromatic rings. The third-order valence-electron chi connectivity index (χ3n) is 2.75. The fourth-order valence-corrected chi connectivity index (χ4v) is 2.44. The Kier molecular flexibility index (Phi) is 4.02. The molecule has 4 heteroatoms. The molecule has 0 saturated heterocycles. The summed E-state index contributed by atoms with van der Waals surface area (Å²) in [6.45, 7) is 0. The topological polar surface area (TPSA) is 54.4 Å². The molecule has 0 aliphatic rings. The largest absolute Gasteiger partial charge is 0.478 e. The maximum Gasteiger partial charge on any atom is 0.336 e. The number of hydrogen-bond donors (Lipinski definition) is 1. The van der Waals surface area contributed by atoms with E-state index in [1.54, 1.807) is 30.3 Å². The van der Waals surface area contributed by atoms with Gasteiger partial charge in [-0.05, 0) is 24.5 Å². The monoisotopic (exact) mass is 272 g/mol. The standard InChI is InChI=1S/C15H12O3S/c1-19-13-9-5-4-8-12(13)14(16)10-6-2-3-7-11(10)15(17)18/h2-9H,1H3,(H,17,18). The van der Waals surface area contributed by atoms with Crippen molar-refractivity contribution in [3.63, 3.8) is 0 Å². The zero-order valence-corrected chi connectivity index (χ0v) is 11.1. The number of carboxylic acid groups (broad SMARTS) is 1. The average Bonchev–Trinajstić information content (AvgIpc) is 2.46. The molecule has 0 aliphatic heterocycles. The van der Waals surface area contributed by atoms with Crippen molar-refractivity contribution in [2.45, 2.75) is 4.90 Å². The Morgan fingerprint density at radius 3 is 2.00 bits per heavy atom.